The summed E-state index contributed by atoms with van der Waals surface area (Å²) in [5.41, 5.74) is 2.92. The van der Waals surface area contributed by atoms with E-state index in [1.54, 1.807) is 0 Å². The summed E-state index contributed by atoms with van der Waals surface area (Å²) in [6, 6.07) is 6.55. The zero-order valence-electron chi connectivity index (χ0n) is 24.0. The van der Waals surface area contributed by atoms with Crippen LogP contribution in [0, 0.1) is 46.3 Å². The largest absolute Gasteiger partial charge is 0.250 e. The Morgan fingerprint density at radius 2 is 1.83 bits per heavy atom. The monoisotopic (exact) mass is 526 g/mol. The lowest BCUT2D eigenvalue weighted by Gasteiger charge is -2.58. The van der Waals surface area contributed by atoms with Crippen molar-refractivity contribution in [1.82, 2.24) is 0 Å². The molecule has 0 aliphatic heterocycles. The van der Waals surface area contributed by atoms with E-state index in [2.05, 4.69) is 87.5 Å². The maximum atomic E-state index is 2.77. The zero-order valence-corrected chi connectivity index (χ0v) is 25.6. The molecule has 1 nitrogen and oxygen atoms in total. The predicted molar refractivity (Wildman–Crippen MR) is 158 cm³/mol. The second-order valence-corrected chi connectivity index (χ2v) is 16.5. The molecule has 36 heavy (non-hydrogen) atoms. The average Bonchev–Trinajstić information content (AvgIpc) is 3.20. The molecular weight excluding hydrogens is 475 g/mol. The van der Waals surface area contributed by atoms with E-state index >= 15 is 0 Å². The topological polar surface area (TPSA) is 3.88 Å². The molecule has 3 saturated carbocycles. The molecule has 0 bridgehead atoms. The molecule has 1 aromatic rings. The summed E-state index contributed by atoms with van der Waals surface area (Å²) in [6.45, 7) is 12.8. The number of rotatable bonds is 8. The number of allylic oxidation sites excluding steroid dienone is 2. The van der Waals surface area contributed by atoms with E-state index in [1.165, 1.54) is 75.7 Å². The maximum absolute atomic E-state index is 2.77. The van der Waals surface area contributed by atoms with Crippen LogP contribution in [0.5, 0.6) is 0 Å². The van der Waals surface area contributed by atoms with Gasteiger partial charge in [0.05, 0.1) is 0 Å². The molecule has 0 amide bonds. The van der Waals surface area contributed by atoms with Gasteiger partial charge in [0.25, 0.3) is 0 Å². The Labute approximate surface area is 230 Å². The van der Waals surface area contributed by atoms with Gasteiger partial charge in [-0.1, -0.05) is 76.3 Å². The summed E-state index contributed by atoms with van der Waals surface area (Å²) in [5.74, 6) is 5.61. The van der Waals surface area contributed by atoms with Gasteiger partial charge in [0.15, 0.2) is 6.20 Å². The Morgan fingerprint density at radius 3 is 2.61 bits per heavy atom. The third-order valence-electron chi connectivity index (χ3n) is 11.5. The summed E-state index contributed by atoms with van der Waals surface area (Å²) in [7, 11) is 6.29. The highest BCUT2D eigenvalue weighted by molar-refractivity contribution is 8.76. The molecule has 8 atom stereocenters. The Morgan fingerprint density at radius 1 is 1.00 bits per heavy atom. The smallest absolute Gasteiger partial charge is 0.195 e. The van der Waals surface area contributed by atoms with Crippen molar-refractivity contribution in [3.8, 4) is 0 Å². The van der Waals surface area contributed by atoms with E-state index in [0.29, 0.717) is 10.8 Å². The fourth-order valence-electron chi connectivity index (χ4n) is 9.45. The van der Waals surface area contributed by atoms with Gasteiger partial charge in [0, 0.05) is 28.2 Å². The lowest BCUT2D eigenvalue weighted by molar-refractivity contribution is -0.708. The summed E-state index contributed by atoms with van der Waals surface area (Å²) in [4.78, 5) is 0. The quantitative estimate of drug-likeness (QED) is 0.188. The van der Waals surface area contributed by atoms with Crippen LogP contribution in [0.1, 0.15) is 105 Å². The summed E-state index contributed by atoms with van der Waals surface area (Å²) >= 11 is 0. The minimum absolute atomic E-state index is 0.477. The van der Waals surface area contributed by atoms with Crippen molar-refractivity contribution in [2.75, 3.05) is 0 Å². The van der Waals surface area contributed by atoms with E-state index in [9.17, 15) is 0 Å². The minimum Gasteiger partial charge on any atom is -0.195 e. The lowest BCUT2D eigenvalue weighted by atomic mass is 9.47. The van der Waals surface area contributed by atoms with E-state index in [4.69, 9.17) is 0 Å². The van der Waals surface area contributed by atoms with Crippen LogP contribution in [0.4, 0.5) is 0 Å². The number of aryl methyl sites for hydroxylation is 1. The fraction of sp³-hybridized carbons (Fsp3) is 0.788. The van der Waals surface area contributed by atoms with E-state index < -0.39 is 0 Å². The summed E-state index contributed by atoms with van der Waals surface area (Å²) < 4.78 is 2.26. The molecule has 5 rings (SSSR count). The van der Waals surface area contributed by atoms with Crippen LogP contribution in [-0.4, -0.2) is 5.25 Å². The number of hydrogen-bond acceptors (Lipinski definition) is 2. The van der Waals surface area contributed by atoms with Gasteiger partial charge in [-0.15, -0.1) is 0 Å². The highest BCUT2D eigenvalue weighted by atomic mass is 33.1. The Kier molecular flexibility index (Phi) is 8.29. The molecule has 200 valence electrons. The van der Waals surface area contributed by atoms with Gasteiger partial charge in [-0.05, 0) is 104 Å². The molecule has 3 fully saturated rings. The molecule has 0 radical (unpaired) electrons. The second-order valence-electron chi connectivity index (χ2n) is 14.0. The molecule has 0 saturated heterocycles. The third kappa shape index (κ3) is 5.11. The molecule has 0 aromatic carbocycles. The highest BCUT2D eigenvalue weighted by Crippen LogP contribution is 2.67. The molecule has 0 unspecified atom stereocenters. The van der Waals surface area contributed by atoms with Crippen LogP contribution >= 0.6 is 21.6 Å². The Bertz CT molecular complexity index is 939. The minimum atomic E-state index is 0.477. The van der Waals surface area contributed by atoms with Crippen LogP contribution in [0.15, 0.2) is 41.1 Å². The Balaban J connectivity index is 1.24. The van der Waals surface area contributed by atoms with Crippen molar-refractivity contribution in [1.29, 1.82) is 0 Å². The van der Waals surface area contributed by atoms with Gasteiger partial charge in [-0.2, -0.15) is 4.57 Å². The average molecular weight is 527 g/mol. The molecule has 4 aliphatic carbocycles. The van der Waals surface area contributed by atoms with Crippen molar-refractivity contribution in [3.05, 3.63) is 36.0 Å². The van der Waals surface area contributed by atoms with Gasteiger partial charge in [-0.25, -0.2) is 0 Å². The molecule has 4 aliphatic rings. The van der Waals surface area contributed by atoms with Gasteiger partial charge in [0.1, 0.15) is 7.05 Å². The Hall–Kier alpha value is -0.410. The number of pyridine rings is 1. The van der Waals surface area contributed by atoms with E-state index in [0.717, 1.165) is 40.8 Å². The van der Waals surface area contributed by atoms with Crippen molar-refractivity contribution >= 4 is 21.6 Å². The number of aromatic nitrogens is 1. The van der Waals surface area contributed by atoms with Crippen molar-refractivity contribution in [3.63, 3.8) is 0 Å². The third-order valence-corrected chi connectivity index (χ3v) is 14.5. The highest BCUT2D eigenvalue weighted by Gasteiger charge is 2.59. The van der Waals surface area contributed by atoms with Crippen LogP contribution in [0.3, 0.4) is 0 Å². The molecule has 3 heteroatoms. The van der Waals surface area contributed by atoms with Gasteiger partial charge < -0.3 is 0 Å². The first-order valence-corrected chi connectivity index (χ1v) is 17.4. The van der Waals surface area contributed by atoms with Crippen LogP contribution in [0.25, 0.3) is 0 Å². The second kappa shape index (κ2) is 11.0. The van der Waals surface area contributed by atoms with Gasteiger partial charge >= 0.3 is 0 Å². The standard InChI is InChI=1S/C33H52NS2/c1-23(2)10-9-11-24(3)28-15-16-29-27-14-13-25-22-26(35-36-31-12-7-8-21-34(31)6)17-19-32(25,4)30(27)18-20-33(28,29)5/h7-8,12-13,21,23-24,26-30H,9-11,14-20,22H2,1-6H3/q+1/t24-,26+,27+,28-,29+,30+,32+,33-/m1/s1. The normalized spacial score (nSPS) is 38.8. The van der Waals surface area contributed by atoms with Crippen molar-refractivity contribution in [2.24, 2.45) is 53.4 Å². The molecule has 0 N–H and O–H groups in total. The molecule has 1 aromatic heterocycles. The first-order chi connectivity index (χ1) is 17.2. The summed E-state index contributed by atoms with van der Waals surface area (Å²) in [6.07, 6.45) is 20.8. The number of fused-ring (bicyclic) bond motifs is 5. The first-order valence-electron chi connectivity index (χ1n) is 15.2. The van der Waals surface area contributed by atoms with Crippen molar-refractivity contribution in [2.45, 2.75) is 116 Å². The fourth-order valence-corrected chi connectivity index (χ4v) is 12.2. The van der Waals surface area contributed by atoms with Crippen molar-refractivity contribution < 1.29 is 4.57 Å². The van der Waals surface area contributed by atoms with Gasteiger partial charge in [-0.3, -0.25) is 0 Å². The number of hydrogen-bond donors (Lipinski definition) is 0. The molecule has 0 spiro atoms. The van der Waals surface area contributed by atoms with E-state index in [1.807, 2.05) is 16.4 Å². The maximum Gasteiger partial charge on any atom is 0.250 e. The predicted octanol–water partition coefficient (Wildman–Crippen LogP) is 9.66. The molecule has 1 heterocycles. The SMILES string of the molecule is CC(C)CCC[C@@H](C)[C@H]1CC[C@H]2[C@@H]3CC=C4C[C@@H](SSc5cccc[n+]5C)CC[C@]4(C)[C@H]3CC[C@]12C. The lowest BCUT2D eigenvalue weighted by Crippen LogP contribution is -2.50. The van der Waals surface area contributed by atoms with Crippen LogP contribution in [-0.2, 0) is 7.05 Å². The molecular formula is C33H52NS2+. The summed E-state index contributed by atoms with van der Waals surface area (Å²) in [5, 5.41) is 2.14. The van der Waals surface area contributed by atoms with Crippen LogP contribution in [0.2, 0.25) is 0 Å². The zero-order chi connectivity index (χ0) is 25.5. The van der Waals surface area contributed by atoms with Crippen LogP contribution < -0.4 is 4.57 Å². The van der Waals surface area contributed by atoms with Gasteiger partial charge in [0.2, 0.25) is 5.03 Å². The number of nitrogens with zero attached hydrogens (tertiary/aromatic N) is 1. The van der Waals surface area contributed by atoms with E-state index in [-0.39, 0.29) is 0 Å². The first kappa shape index (κ1) is 27.2.